The van der Waals surface area contributed by atoms with Crippen LogP contribution in [-0.2, 0) is 14.4 Å². The van der Waals surface area contributed by atoms with Gasteiger partial charge in [-0.2, -0.15) is 5.10 Å². The Morgan fingerprint density at radius 3 is 2.63 bits per heavy atom. The molecule has 0 aromatic heterocycles. The third-order valence-corrected chi connectivity index (χ3v) is 6.50. The summed E-state index contributed by atoms with van der Waals surface area (Å²) in [6, 6.07) is 14.1. The largest absolute Gasteiger partial charge is 0.497 e. The molecule has 1 heterocycles. The van der Waals surface area contributed by atoms with Gasteiger partial charge in [0, 0.05) is 12.7 Å². The van der Waals surface area contributed by atoms with E-state index in [1.54, 1.807) is 19.1 Å². The van der Waals surface area contributed by atoms with Crippen LogP contribution < -0.4 is 10.5 Å². The lowest BCUT2D eigenvalue weighted by molar-refractivity contribution is -0.144. The molecule has 0 fully saturated rings. The van der Waals surface area contributed by atoms with Gasteiger partial charge in [-0.15, -0.1) is 0 Å². The molecular formula is C22H26FN3O3S. The van der Waals surface area contributed by atoms with Crippen molar-refractivity contribution in [3.8, 4) is 5.75 Å². The molecule has 8 heteroatoms. The second-order valence-corrected chi connectivity index (χ2v) is 8.19. The van der Waals surface area contributed by atoms with Gasteiger partial charge in [-0.25, -0.2) is 9.40 Å². The molecule has 30 heavy (non-hydrogen) atoms. The number of carbonyl (C=O) groups is 1. The van der Waals surface area contributed by atoms with E-state index in [1.807, 2.05) is 30.3 Å². The number of nitrogens with two attached hydrogens (primary N) is 1. The smallest absolute Gasteiger partial charge is 0.273 e. The Labute approximate surface area is 180 Å². The van der Waals surface area contributed by atoms with Crippen LogP contribution in [0.4, 0.5) is 4.39 Å². The molecule has 1 amide bonds. The van der Waals surface area contributed by atoms with Crippen LogP contribution >= 0.6 is 11.8 Å². The maximum Gasteiger partial charge on any atom is 0.273 e. The van der Waals surface area contributed by atoms with Crippen molar-refractivity contribution in [1.82, 2.24) is 5.01 Å². The zero-order valence-corrected chi connectivity index (χ0v) is 18.1. The lowest BCUT2D eigenvalue weighted by atomic mass is 10.00. The highest BCUT2D eigenvalue weighted by molar-refractivity contribution is 8.15. The first-order valence-corrected chi connectivity index (χ1v) is 10.5. The van der Waals surface area contributed by atoms with Crippen LogP contribution in [0.2, 0.25) is 0 Å². The number of carbonyl (C=O) groups excluding carboxylic acids is 1. The minimum Gasteiger partial charge on any atom is -0.497 e. The summed E-state index contributed by atoms with van der Waals surface area (Å²) in [5, 5.41) is 6.44. The van der Waals surface area contributed by atoms with Crippen molar-refractivity contribution in [2.75, 3.05) is 20.8 Å². The van der Waals surface area contributed by atoms with Crippen molar-refractivity contribution in [3.05, 3.63) is 65.5 Å². The van der Waals surface area contributed by atoms with Gasteiger partial charge in [0.05, 0.1) is 7.11 Å². The first kappa shape index (κ1) is 22.3. The number of hydrazone groups is 1. The maximum atomic E-state index is 14.7. The number of hydrogen-bond donors (Lipinski definition) is 1. The van der Waals surface area contributed by atoms with Gasteiger partial charge in [-0.1, -0.05) is 42.1 Å². The van der Waals surface area contributed by atoms with Crippen LogP contribution in [0.1, 0.15) is 30.9 Å². The molecule has 1 aliphatic rings. The number of thioether (sulfide) groups is 1. The summed E-state index contributed by atoms with van der Waals surface area (Å²) in [6.45, 7) is 2.13. The monoisotopic (exact) mass is 431 g/mol. The Hall–Kier alpha value is -2.42. The molecule has 1 aliphatic heterocycles. The number of hydrogen-bond acceptors (Lipinski definition) is 6. The molecule has 0 saturated heterocycles. The van der Waals surface area contributed by atoms with Gasteiger partial charge in [-0.05, 0) is 50.1 Å². The fraction of sp³-hybridized carbons (Fsp3) is 0.364. The summed E-state index contributed by atoms with van der Waals surface area (Å²) in [4.78, 5) is 12.4. The summed E-state index contributed by atoms with van der Waals surface area (Å²) in [5.74, 6) is -0.224. The fourth-order valence-electron chi connectivity index (χ4n) is 3.32. The second kappa shape index (κ2) is 9.59. The molecular weight excluding hydrogens is 405 g/mol. The van der Waals surface area contributed by atoms with E-state index in [9.17, 15) is 9.18 Å². The standard InChI is InChI=1S/C22H26FN3O3S/c1-15(28-2)21(27)26-22(12-7-13-24,16-8-5-4-6-9-16)30-20(25-26)18-14-17(29-3)10-11-19(18)23/h4-6,8-11,14-15H,7,12-13,24H2,1-3H3/t15-,22?/m0/s1. The quantitative estimate of drug-likeness (QED) is 0.690. The van der Waals surface area contributed by atoms with Gasteiger partial charge in [0.2, 0.25) is 0 Å². The van der Waals surface area contributed by atoms with E-state index in [0.717, 1.165) is 5.56 Å². The molecule has 2 N–H and O–H groups in total. The number of ether oxygens (including phenoxy) is 2. The fourth-order valence-corrected chi connectivity index (χ4v) is 4.75. The van der Waals surface area contributed by atoms with E-state index in [4.69, 9.17) is 15.2 Å². The third-order valence-electron chi connectivity index (χ3n) is 5.06. The average molecular weight is 432 g/mol. The van der Waals surface area contributed by atoms with E-state index in [-0.39, 0.29) is 11.5 Å². The Balaban J connectivity index is 2.15. The molecule has 0 aliphatic carbocycles. The molecule has 0 spiro atoms. The summed E-state index contributed by atoms with van der Waals surface area (Å²) in [5.41, 5.74) is 6.98. The number of benzene rings is 2. The molecule has 1 unspecified atom stereocenters. The molecule has 2 aromatic carbocycles. The maximum absolute atomic E-state index is 14.7. The Bertz CT molecular complexity index is 925. The number of halogens is 1. The van der Waals surface area contributed by atoms with Crippen LogP contribution in [0.5, 0.6) is 5.75 Å². The summed E-state index contributed by atoms with van der Waals surface area (Å²) >= 11 is 1.35. The van der Waals surface area contributed by atoms with Gasteiger partial charge in [0.15, 0.2) is 0 Å². The third kappa shape index (κ3) is 4.21. The van der Waals surface area contributed by atoms with E-state index in [2.05, 4.69) is 5.10 Å². The van der Waals surface area contributed by atoms with Gasteiger partial charge < -0.3 is 15.2 Å². The minimum atomic E-state index is -0.852. The van der Waals surface area contributed by atoms with E-state index >= 15 is 0 Å². The van der Waals surface area contributed by atoms with E-state index in [0.29, 0.717) is 30.2 Å². The van der Waals surface area contributed by atoms with Crippen molar-refractivity contribution >= 4 is 22.7 Å². The molecule has 160 valence electrons. The number of rotatable bonds is 8. The summed E-state index contributed by atoms with van der Waals surface area (Å²) in [7, 11) is 2.99. The number of methoxy groups -OCH3 is 2. The first-order chi connectivity index (χ1) is 14.5. The highest BCUT2D eigenvalue weighted by Gasteiger charge is 2.49. The Kier molecular flexibility index (Phi) is 7.12. The topological polar surface area (TPSA) is 77.1 Å². The van der Waals surface area contributed by atoms with Crippen molar-refractivity contribution in [3.63, 3.8) is 0 Å². The molecule has 0 bridgehead atoms. The van der Waals surface area contributed by atoms with Crippen molar-refractivity contribution in [2.24, 2.45) is 10.8 Å². The molecule has 2 atom stereocenters. The summed E-state index contributed by atoms with van der Waals surface area (Å²) in [6.07, 6.45) is 0.514. The SMILES string of the molecule is COc1ccc(F)c(C2=NN(C(=O)[C@H](C)OC)C(CCCN)(c3ccccc3)S2)c1. The van der Waals surface area contributed by atoms with Crippen molar-refractivity contribution in [1.29, 1.82) is 0 Å². The lowest BCUT2D eigenvalue weighted by Gasteiger charge is -2.36. The van der Waals surface area contributed by atoms with E-state index < -0.39 is 16.8 Å². The Morgan fingerprint density at radius 2 is 2.00 bits per heavy atom. The normalized spacial score (nSPS) is 19.5. The predicted octanol–water partition coefficient (Wildman–Crippen LogP) is 3.70. The number of nitrogens with zero attached hydrogens (tertiary/aromatic N) is 2. The molecule has 2 aromatic rings. The van der Waals surface area contributed by atoms with Gasteiger partial charge in [0.25, 0.3) is 5.91 Å². The zero-order chi connectivity index (χ0) is 21.7. The molecule has 6 nitrogen and oxygen atoms in total. The van der Waals surface area contributed by atoms with Crippen LogP contribution in [-0.4, -0.2) is 42.8 Å². The van der Waals surface area contributed by atoms with Crippen LogP contribution in [0, 0.1) is 5.82 Å². The van der Waals surface area contributed by atoms with Crippen molar-refractivity contribution < 1.29 is 18.7 Å². The second-order valence-electron chi connectivity index (χ2n) is 6.92. The van der Waals surface area contributed by atoms with Gasteiger partial charge in [-0.3, -0.25) is 4.79 Å². The molecule has 0 saturated carbocycles. The van der Waals surface area contributed by atoms with Gasteiger partial charge >= 0.3 is 0 Å². The molecule has 3 rings (SSSR count). The first-order valence-electron chi connectivity index (χ1n) is 9.71. The van der Waals surface area contributed by atoms with E-state index in [1.165, 1.54) is 37.1 Å². The minimum absolute atomic E-state index is 0.285. The van der Waals surface area contributed by atoms with Gasteiger partial charge in [0.1, 0.15) is 27.6 Å². The Morgan fingerprint density at radius 1 is 1.27 bits per heavy atom. The van der Waals surface area contributed by atoms with Crippen LogP contribution in [0.3, 0.4) is 0 Å². The predicted molar refractivity (Wildman–Crippen MR) is 117 cm³/mol. The highest BCUT2D eigenvalue weighted by atomic mass is 32.2. The highest BCUT2D eigenvalue weighted by Crippen LogP contribution is 2.51. The zero-order valence-electron chi connectivity index (χ0n) is 17.3. The van der Waals surface area contributed by atoms with Crippen molar-refractivity contribution in [2.45, 2.75) is 30.7 Å². The average Bonchev–Trinajstić information content (AvgIpc) is 3.18. The molecule has 0 radical (unpaired) electrons. The summed E-state index contributed by atoms with van der Waals surface area (Å²) < 4.78 is 25.2. The van der Waals surface area contributed by atoms with Crippen LogP contribution in [0.25, 0.3) is 0 Å². The van der Waals surface area contributed by atoms with Crippen LogP contribution in [0.15, 0.2) is 53.6 Å². The number of amides is 1. The lowest BCUT2D eigenvalue weighted by Crippen LogP contribution is -2.46.